The van der Waals surface area contributed by atoms with Gasteiger partial charge in [-0.1, -0.05) is 0 Å². The van der Waals surface area contributed by atoms with E-state index in [-0.39, 0.29) is 24.8 Å². The van der Waals surface area contributed by atoms with Gasteiger partial charge >= 0.3 is 0 Å². The molecule has 2 N–H and O–H groups in total. The standard InChI is InChI=1S/C10H12N4O3/c1-6-8(17-5-12-6)4-11-10(16)7-2-3-9(15)14-13-7/h5H,2-4H2,1H3,(H,11,16)(H,14,15). The van der Waals surface area contributed by atoms with Crippen molar-refractivity contribution in [2.45, 2.75) is 26.3 Å². The van der Waals surface area contributed by atoms with Crippen LogP contribution in [-0.2, 0) is 16.1 Å². The van der Waals surface area contributed by atoms with Gasteiger partial charge in [-0.05, 0) is 6.92 Å². The van der Waals surface area contributed by atoms with Gasteiger partial charge in [0.05, 0.1) is 12.2 Å². The molecule has 90 valence electrons. The van der Waals surface area contributed by atoms with Crippen LogP contribution in [0, 0.1) is 6.92 Å². The molecule has 2 heterocycles. The number of nitrogens with one attached hydrogen (secondary N) is 2. The second-order valence-corrected chi connectivity index (χ2v) is 3.64. The first-order valence-electron chi connectivity index (χ1n) is 5.19. The average Bonchev–Trinajstić information content (AvgIpc) is 2.73. The molecule has 1 aromatic rings. The number of amides is 2. The van der Waals surface area contributed by atoms with Crippen LogP contribution in [0.1, 0.15) is 24.3 Å². The van der Waals surface area contributed by atoms with E-state index in [1.165, 1.54) is 6.39 Å². The number of aromatic nitrogens is 1. The van der Waals surface area contributed by atoms with Crippen LogP contribution in [0.15, 0.2) is 15.9 Å². The van der Waals surface area contributed by atoms with Crippen LogP contribution in [0.4, 0.5) is 0 Å². The Bertz CT molecular complexity index is 478. The lowest BCUT2D eigenvalue weighted by molar-refractivity contribution is -0.121. The van der Waals surface area contributed by atoms with Crippen molar-refractivity contribution >= 4 is 17.5 Å². The summed E-state index contributed by atoms with van der Waals surface area (Å²) in [5.41, 5.74) is 3.33. The number of aryl methyl sites for hydroxylation is 1. The number of oxazole rings is 1. The minimum atomic E-state index is -0.305. The molecule has 0 spiro atoms. The van der Waals surface area contributed by atoms with E-state index >= 15 is 0 Å². The van der Waals surface area contributed by atoms with Crippen LogP contribution >= 0.6 is 0 Å². The quantitative estimate of drug-likeness (QED) is 0.763. The second kappa shape index (κ2) is 4.77. The van der Waals surface area contributed by atoms with E-state index < -0.39 is 0 Å². The zero-order chi connectivity index (χ0) is 12.3. The Kier molecular flexibility index (Phi) is 3.17. The highest BCUT2D eigenvalue weighted by Gasteiger charge is 2.18. The van der Waals surface area contributed by atoms with Gasteiger partial charge in [0.2, 0.25) is 5.91 Å². The van der Waals surface area contributed by atoms with Crippen molar-refractivity contribution in [2.75, 3.05) is 0 Å². The average molecular weight is 236 g/mol. The maximum Gasteiger partial charge on any atom is 0.267 e. The van der Waals surface area contributed by atoms with E-state index in [9.17, 15) is 9.59 Å². The lowest BCUT2D eigenvalue weighted by Crippen LogP contribution is -2.36. The second-order valence-electron chi connectivity index (χ2n) is 3.64. The van der Waals surface area contributed by atoms with Crippen LogP contribution < -0.4 is 10.7 Å². The number of nitrogens with zero attached hydrogens (tertiary/aromatic N) is 2. The Morgan fingerprint density at radius 2 is 2.41 bits per heavy atom. The molecule has 0 saturated heterocycles. The van der Waals surface area contributed by atoms with Crippen molar-refractivity contribution in [3.63, 3.8) is 0 Å². The summed E-state index contributed by atoms with van der Waals surface area (Å²) in [7, 11) is 0. The zero-order valence-electron chi connectivity index (χ0n) is 9.32. The van der Waals surface area contributed by atoms with E-state index in [2.05, 4.69) is 20.8 Å². The first kappa shape index (κ1) is 11.3. The normalized spacial score (nSPS) is 15.1. The van der Waals surface area contributed by atoms with Gasteiger partial charge in [-0.2, -0.15) is 5.10 Å². The Labute approximate surface area is 97.3 Å². The third-order valence-corrected chi connectivity index (χ3v) is 2.42. The van der Waals surface area contributed by atoms with Gasteiger partial charge in [0, 0.05) is 12.8 Å². The predicted octanol–water partition coefficient (Wildman–Crippen LogP) is -0.135. The first-order valence-corrected chi connectivity index (χ1v) is 5.19. The van der Waals surface area contributed by atoms with Crippen LogP contribution in [0.5, 0.6) is 0 Å². The summed E-state index contributed by atoms with van der Waals surface area (Å²) >= 11 is 0. The van der Waals surface area contributed by atoms with E-state index in [4.69, 9.17) is 4.42 Å². The molecule has 0 bridgehead atoms. The monoisotopic (exact) mass is 236 g/mol. The summed E-state index contributed by atoms with van der Waals surface area (Å²) in [6.07, 6.45) is 1.97. The topological polar surface area (TPSA) is 96.6 Å². The van der Waals surface area contributed by atoms with Gasteiger partial charge in [-0.25, -0.2) is 10.4 Å². The first-order chi connectivity index (χ1) is 8.16. The van der Waals surface area contributed by atoms with E-state index in [1.807, 2.05) is 0 Å². The molecule has 0 fully saturated rings. The van der Waals surface area contributed by atoms with Crippen molar-refractivity contribution in [1.29, 1.82) is 0 Å². The summed E-state index contributed by atoms with van der Waals surface area (Å²) in [5.74, 6) is 0.132. The molecule has 1 aromatic heterocycles. The third kappa shape index (κ3) is 2.68. The molecule has 1 aliphatic heterocycles. The van der Waals surface area contributed by atoms with E-state index in [0.717, 1.165) is 5.69 Å². The van der Waals surface area contributed by atoms with Crippen LogP contribution in [-0.4, -0.2) is 22.5 Å². The molecule has 7 heteroatoms. The SMILES string of the molecule is Cc1ncoc1CNC(=O)C1=NNC(=O)CC1. The summed E-state index contributed by atoms with van der Waals surface area (Å²) in [4.78, 5) is 26.4. The largest absolute Gasteiger partial charge is 0.446 e. The van der Waals surface area contributed by atoms with Crippen LogP contribution in [0.2, 0.25) is 0 Å². The Morgan fingerprint density at radius 1 is 1.59 bits per heavy atom. The van der Waals surface area contributed by atoms with Gasteiger partial charge in [0.1, 0.15) is 11.5 Å². The molecule has 0 atom stereocenters. The summed E-state index contributed by atoms with van der Waals surface area (Å²) in [6, 6.07) is 0. The fourth-order valence-electron chi connectivity index (χ4n) is 1.40. The highest BCUT2D eigenvalue weighted by molar-refractivity contribution is 6.39. The van der Waals surface area contributed by atoms with E-state index in [1.54, 1.807) is 6.92 Å². The third-order valence-electron chi connectivity index (χ3n) is 2.42. The molecule has 7 nitrogen and oxygen atoms in total. The molecule has 0 radical (unpaired) electrons. The lowest BCUT2D eigenvalue weighted by atomic mass is 10.1. The van der Waals surface area contributed by atoms with Crippen LogP contribution in [0.3, 0.4) is 0 Å². The number of carbonyl (C=O) groups excluding carboxylic acids is 2. The summed E-state index contributed by atoms with van der Waals surface area (Å²) < 4.78 is 5.08. The fourth-order valence-corrected chi connectivity index (χ4v) is 1.40. The molecule has 17 heavy (non-hydrogen) atoms. The van der Waals surface area contributed by atoms with Gasteiger partial charge in [-0.3, -0.25) is 9.59 Å². The molecule has 2 rings (SSSR count). The number of carbonyl (C=O) groups is 2. The minimum absolute atomic E-state index is 0.173. The molecule has 2 amide bonds. The number of hydrogen-bond acceptors (Lipinski definition) is 5. The summed E-state index contributed by atoms with van der Waals surface area (Å²) in [6.45, 7) is 2.06. The number of rotatable bonds is 3. The van der Waals surface area contributed by atoms with Crippen molar-refractivity contribution in [3.05, 3.63) is 17.8 Å². The molecule has 0 unspecified atom stereocenters. The Hall–Kier alpha value is -2.18. The summed E-state index contributed by atoms with van der Waals surface area (Å²) in [5, 5.41) is 6.35. The van der Waals surface area contributed by atoms with Crippen molar-refractivity contribution in [2.24, 2.45) is 5.10 Å². The molecule has 0 aliphatic carbocycles. The maximum atomic E-state index is 11.7. The smallest absolute Gasteiger partial charge is 0.267 e. The van der Waals surface area contributed by atoms with Gasteiger partial charge in [0.25, 0.3) is 5.91 Å². The van der Waals surface area contributed by atoms with Crippen molar-refractivity contribution < 1.29 is 14.0 Å². The van der Waals surface area contributed by atoms with Gasteiger partial charge < -0.3 is 9.73 Å². The highest BCUT2D eigenvalue weighted by Crippen LogP contribution is 2.05. The minimum Gasteiger partial charge on any atom is -0.446 e. The lowest BCUT2D eigenvalue weighted by Gasteiger charge is -2.11. The molecule has 0 aromatic carbocycles. The van der Waals surface area contributed by atoms with Gasteiger partial charge in [0.15, 0.2) is 6.39 Å². The van der Waals surface area contributed by atoms with Crippen LogP contribution in [0.25, 0.3) is 0 Å². The Balaban J connectivity index is 1.90. The zero-order valence-corrected chi connectivity index (χ0v) is 9.32. The molecular weight excluding hydrogens is 224 g/mol. The molecular formula is C10H12N4O3. The van der Waals surface area contributed by atoms with Crippen molar-refractivity contribution in [3.8, 4) is 0 Å². The fraction of sp³-hybridized carbons (Fsp3) is 0.400. The number of hydrogen-bond donors (Lipinski definition) is 2. The van der Waals surface area contributed by atoms with E-state index in [0.29, 0.717) is 17.9 Å². The predicted molar refractivity (Wildman–Crippen MR) is 57.9 cm³/mol. The van der Waals surface area contributed by atoms with Crippen molar-refractivity contribution in [1.82, 2.24) is 15.7 Å². The number of hydrazone groups is 1. The maximum absolute atomic E-state index is 11.7. The molecule has 1 aliphatic rings. The van der Waals surface area contributed by atoms with Gasteiger partial charge in [-0.15, -0.1) is 0 Å². The molecule has 0 saturated carbocycles. The highest BCUT2D eigenvalue weighted by atomic mass is 16.3. The Morgan fingerprint density at radius 3 is 3.00 bits per heavy atom.